The Hall–Kier alpha value is -1.81. The van der Waals surface area contributed by atoms with E-state index in [2.05, 4.69) is 28.6 Å². The quantitative estimate of drug-likeness (QED) is 0.896. The highest BCUT2D eigenvalue weighted by molar-refractivity contribution is 5.64. The summed E-state index contributed by atoms with van der Waals surface area (Å²) in [5.74, 6) is 2.03. The van der Waals surface area contributed by atoms with Crippen molar-refractivity contribution < 1.29 is 4.74 Å². The molecule has 1 aromatic heterocycles. The summed E-state index contributed by atoms with van der Waals surface area (Å²) in [7, 11) is 1.68. The molecular formula is C15H19N3O. The Balaban J connectivity index is 2.06. The molecule has 1 unspecified atom stereocenters. The first kappa shape index (κ1) is 12.2. The van der Waals surface area contributed by atoms with E-state index >= 15 is 0 Å². The minimum Gasteiger partial charge on any atom is -0.497 e. The second-order valence-corrected chi connectivity index (χ2v) is 5.10. The fourth-order valence-corrected chi connectivity index (χ4v) is 2.77. The van der Waals surface area contributed by atoms with Crippen molar-refractivity contribution in [1.82, 2.24) is 9.55 Å². The largest absolute Gasteiger partial charge is 0.497 e. The van der Waals surface area contributed by atoms with Crippen LogP contribution in [0.2, 0.25) is 0 Å². The third-order valence-corrected chi connectivity index (χ3v) is 3.74. The van der Waals surface area contributed by atoms with Crippen molar-refractivity contribution in [2.45, 2.75) is 32.4 Å². The van der Waals surface area contributed by atoms with Gasteiger partial charge in [-0.1, -0.05) is 0 Å². The lowest BCUT2D eigenvalue weighted by Crippen LogP contribution is -2.32. The van der Waals surface area contributed by atoms with Gasteiger partial charge in [0.05, 0.1) is 18.5 Å². The number of imidazole rings is 1. The van der Waals surface area contributed by atoms with Crippen molar-refractivity contribution in [1.29, 1.82) is 0 Å². The van der Waals surface area contributed by atoms with Crippen molar-refractivity contribution in [3.05, 3.63) is 35.8 Å². The van der Waals surface area contributed by atoms with Gasteiger partial charge in [-0.2, -0.15) is 0 Å². The molecule has 0 spiro atoms. The molecule has 1 atom stereocenters. The summed E-state index contributed by atoms with van der Waals surface area (Å²) < 4.78 is 7.47. The van der Waals surface area contributed by atoms with Gasteiger partial charge in [-0.25, -0.2) is 4.98 Å². The molecule has 4 heteroatoms. The van der Waals surface area contributed by atoms with Gasteiger partial charge in [0.15, 0.2) is 0 Å². The van der Waals surface area contributed by atoms with E-state index in [1.807, 2.05) is 12.1 Å². The maximum absolute atomic E-state index is 6.08. The predicted molar refractivity (Wildman–Crippen MR) is 75.2 cm³/mol. The molecule has 100 valence electrons. The molecule has 0 bridgehead atoms. The van der Waals surface area contributed by atoms with Crippen LogP contribution in [-0.2, 0) is 13.0 Å². The molecular weight excluding hydrogens is 238 g/mol. The topological polar surface area (TPSA) is 53.1 Å². The van der Waals surface area contributed by atoms with Gasteiger partial charge in [0.2, 0.25) is 0 Å². The number of ether oxygens (including phenoxy) is 1. The number of nitrogens with two attached hydrogens (primary N) is 1. The normalized spacial score (nSPS) is 18.2. The maximum atomic E-state index is 6.08. The van der Waals surface area contributed by atoms with Crippen LogP contribution in [0.5, 0.6) is 5.75 Å². The van der Waals surface area contributed by atoms with Crippen LogP contribution in [0.25, 0.3) is 11.3 Å². The summed E-state index contributed by atoms with van der Waals surface area (Å²) in [6, 6.07) is 8.36. The van der Waals surface area contributed by atoms with Crippen molar-refractivity contribution in [3.8, 4) is 17.0 Å². The number of rotatable bonds is 2. The van der Waals surface area contributed by atoms with E-state index in [-0.39, 0.29) is 6.04 Å². The van der Waals surface area contributed by atoms with E-state index in [1.54, 1.807) is 7.11 Å². The number of aromatic nitrogens is 2. The molecule has 2 aromatic rings. The van der Waals surface area contributed by atoms with E-state index in [1.165, 1.54) is 11.3 Å². The molecule has 0 radical (unpaired) electrons. The predicted octanol–water partition coefficient (Wildman–Crippen LogP) is 2.14. The Morgan fingerprint density at radius 1 is 1.32 bits per heavy atom. The summed E-state index contributed by atoms with van der Waals surface area (Å²) >= 11 is 0. The van der Waals surface area contributed by atoms with Gasteiger partial charge in [0.1, 0.15) is 11.6 Å². The molecule has 1 aliphatic heterocycles. The van der Waals surface area contributed by atoms with Crippen LogP contribution in [0, 0.1) is 6.92 Å². The van der Waals surface area contributed by atoms with E-state index in [9.17, 15) is 0 Å². The van der Waals surface area contributed by atoms with Crippen LogP contribution < -0.4 is 10.5 Å². The van der Waals surface area contributed by atoms with Crippen molar-refractivity contribution in [3.63, 3.8) is 0 Å². The van der Waals surface area contributed by atoms with Gasteiger partial charge in [-0.15, -0.1) is 0 Å². The molecule has 1 aromatic carbocycles. The first-order valence-corrected chi connectivity index (χ1v) is 6.65. The highest BCUT2D eigenvalue weighted by atomic mass is 16.5. The summed E-state index contributed by atoms with van der Waals surface area (Å²) in [5, 5.41) is 0. The van der Waals surface area contributed by atoms with Gasteiger partial charge in [-0.05, 0) is 37.6 Å². The third-order valence-electron chi connectivity index (χ3n) is 3.74. The van der Waals surface area contributed by atoms with E-state index in [0.29, 0.717) is 0 Å². The molecule has 19 heavy (non-hydrogen) atoms. The molecule has 0 amide bonds. The van der Waals surface area contributed by atoms with Crippen LogP contribution >= 0.6 is 0 Å². The molecule has 0 saturated heterocycles. The summed E-state index contributed by atoms with van der Waals surface area (Å²) in [5.41, 5.74) is 9.52. The minimum atomic E-state index is 0.234. The SMILES string of the molecule is COc1ccc(-c2c(C)nc3n2CC(N)CC3)cc1. The van der Waals surface area contributed by atoms with Crippen LogP contribution in [-0.4, -0.2) is 22.7 Å². The number of hydrogen-bond donors (Lipinski definition) is 1. The number of fused-ring (bicyclic) bond motifs is 1. The summed E-state index contributed by atoms with van der Waals surface area (Å²) in [4.78, 5) is 4.68. The third kappa shape index (κ3) is 2.12. The van der Waals surface area contributed by atoms with Crippen molar-refractivity contribution in [2.24, 2.45) is 5.73 Å². The lowest BCUT2D eigenvalue weighted by Gasteiger charge is -2.22. The lowest BCUT2D eigenvalue weighted by atomic mass is 10.1. The van der Waals surface area contributed by atoms with E-state index < -0.39 is 0 Å². The molecule has 0 fully saturated rings. The number of benzene rings is 1. The average molecular weight is 257 g/mol. The van der Waals surface area contributed by atoms with Crippen molar-refractivity contribution in [2.75, 3.05) is 7.11 Å². The fourth-order valence-electron chi connectivity index (χ4n) is 2.77. The van der Waals surface area contributed by atoms with Crippen molar-refractivity contribution >= 4 is 0 Å². The number of methoxy groups -OCH3 is 1. The Bertz CT molecular complexity index is 586. The zero-order valence-corrected chi connectivity index (χ0v) is 11.4. The number of hydrogen-bond acceptors (Lipinski definition) is 3. The van der Waals surface area contributed by atoms with Gasteiger partial charge >= 0.3 is 0 Å². The Labute approximate surface area is 113 Å². The summed E-state index contributed by atoms with van der Waals surface area (Å²) in [6.07, 6.45) is 2.00. The molecule has 2 N–H and O–H groups in total. The standard InChI is InChI=1S/C15H19N3O/c1-10-15(11-3-6-13(19-2)7-4-11)18-9-12(16)5-8-14(18)17-10/h3-4,6-7,12H,5,8-9,16H2,1-2H3. The van der Waals surface area contributed by atoms with Crippen LogP contribution in [0.3, 0.4) is 0 Å². The first-order valence-electron chi connectivity index (χ1n) is 6.65. The number of nitrogens with zero attached hydrogens (tertiary/aromatic N) is 2. The molecule has 0 aliphatic carbocycles. The first-order chi connectivity index (χ1) is 9.19. The second-order valence-electron chi connectivity index (χ2n) is 5.10. The Morgan fingerprint density at radius 3 is 2.74 bits per heavy atom. The van der Waals surface area contributed by atoms with Gasteiger partial charge in [0.25, 0.3) is 0 Å². The Morgan fingerprint density at radius 2 is 2.05 bits per heavy atom. The molecule has 1 aliphatic rings. The molecule has 0 saturated carbocycles. The van der Waals surface area contributed by atoms with Crippen LogP contribution in [0.15, 0.2) is 24.3 Å². The lowest BCUT2D eigenvalue weighted by molar-refractivity contribution is 0.415. The second kappa shape index (κ2) is 4.70. The van der Waals surface area contributed by atoms with Gasteiger partial charge in [0, 0.05) is 24.6 Å². The fraction of sp³-hybridized carbons (Fsp3) is 0.400. The molecule has 4 nitrogen and oxygen atoms in total. The molecule has 3 rings (SSSR count). The Kier molecular flexibility index (Phi) is 3.03. The van der Waals surface area contributed by atoms with E-state index in [4.69, 9.17) is 10.5 Å². The van der Waals surface area contributed by atoms with Gasteiger partial charge < -0.3 is 15.0 Å². The smallest absolute Gasteiger partial charge is 0.118 e. The van der Waals surface area contributed by atoms with E-state index in [0.717, 1.165) is 36.7 Å². The monoisotopic (exact) mass is 257 g/mol. The minimum absolute atomic E-state index is 0.234. The van der Waals surface area contributed by atoms with Gasteiger partial charge in [-0.3, -0.25) is 0 Å². The average Bonchev–Trinajstić information content (AvgIpc) is 2.74. The zero-order chi connectivity index (χ0) is 13.4. The maximum Gasteiger partial charge on any atom is 0.118 e. The number of aryl methyl sites for hydroxylation is 2. The van der Waals surface area contributed by atoms with Crippen LogP contribution in [0.4, 0.5) is 0 Å². The highest BCUT2D eigenvalue weighted by Gasteiger charge is 2.22. The summed E-state index contributed by atoms with van der Waals surface area (Å²) in [6.45, 7) is 2.92. The zero-order valence-electron chi connectivity index (χ0n) is 11.4. The van der Waals surface area contributed by atoms with Crippen LogP contribution in [0.1, 0.15) is 17.9 Å². The highest BCUT2D eigenvalue weighted by Crippen LogP contribution is 2.29. The molecule has 2 heterocycles.